The summed E-state index contributed by atoms with van der Waals surface area (Å²) in [6.07, 6.45) is 39.7. The molecule has 3 unspecified atom stereocenters. The average molecular weight is 813 g/mol. The number of aliphatic hydroxyl groups is 2. The molecule has 0 saturated carbocycles. The Morgan fingerprint density at radius 2 is 1.18 bits per heavy atom. The van der Waals surface area contributed by atoms with Crippen LogP contribution in [0.3, 0.4) is 0 Å². The summed E-state index contributed by atoms with van der Waals surface area (Å²) in [6, 6.07) is 0. The third kappa shape index (κ3) is 32.9. The van der Waals surface area contributed by atoms with E-state index in [9.17, 15) is 24.2 Å². The number of phosphoric acid groups is 1. The van der Waals surface area contributed by atoms with Crippen molar-refractivity contribution >= 4 is 19.8 Å². The lowest BCUT2D eigenvalue weighted by Gasteiger charge is -2.20. The predicted molar refractivity (Wildman–Crippen MR) is 223 cm³/mol. The van der Waals surface area contributed by atoms with Crippen molar-refractivity contribution in [3.63, 3.8) is 0 Å². The normalized spacial score (nSPS) is 17.9. The Kier molecular flexibility index (Phi) is 33.4. The summed E-state index contributed by atoms with van der Waals surface area (Å²) in [5, 5.41) is 18.3. The van der Waals surface area contributed by atoms with Crippen molar-refractivity contribution in [3.8, 4) is 0 Å². The van der Waals surface area contributed by atoms with Crippen LogP contribution in [0.5, 0.6) is 0 Å². The van der Waals surface area contributed by atoms with Gasteiger partial charge in [0.25, 0.3) is 0 Å². The van der Waals surface area contributed by atoms with Crippen LogP contribution >= 0.6 is 7.82 Å². The number of carbonyl (C=O) groups is 2. The Labute approximate surface area is 338 Å². The lowest BCUT2D eigenvalue weighted by Crippen LogP contribution is -2.29. The molecule has 0 aliphatic carbocycles. The van der Waals surface area contributed by atoms with Gasteiger partial charge in [-0.15, -0.1) is 0 Å². The number of aliphatic hydroxyl groups excluding tert-OH is 2. The molecular weight excluding hydrogens is 735 g/mol. The van der Waals surface area contributed by atoms with Gasteiger partial charge in [-0.1, -0.05) is 133 Å². The Morgan fingerprint density at radius 3 is 1.84 bits per heavy atom. The largest absolute Gasteiger partial charge is 0.472 e. The molecule has 1 saturated heterocycles. The van der Waals surface area contributed by atoms with E-state index in [0.29, 0.717) is 31.5 Å². The SMILES string of the molecule is CCCCCCCC/C=C\C/C=C\C/C=C\CCCC(=O)OC[C@H](COP(=O)(O)OC[C@@H](O)CO)OC(=O)CCCCCCC/C=C\CC1OC1CCCCC. The van der Waals surface area contributed by atoms with E-state index in [2.05, 4.69) is 60.9 Å². The fourth-order valence-electron chi connectivity index (χ4n) is 5.90. The number of phosphoric ester groups is 1. The van der Waals surface area contributed by atoms with Crippen LogP contribution in [0.4, 0.5) is 0 Å². The number of ether oxygens (including phenoxy) is 3. The lowest BCUT2D eigenvalue weighted by molar-refractivity contribution is -0.161. The molecule has 3 N–H and O–H groups in total. The van der Waals surface area contributed by atoms with Gasteiger partial charge in [0.05, 0.1) is 32.0 Å². The van der Waals surface area contributed by atoms with Crippen LogP contribution in [0.2, 0.25) is 0 Å². The van der Waals surface area contributed by atoms with E-state index in [1.165, 1.54) is 64.2 Å². The van der Waals surface area contributed by atoms with Crippen LogP contribution in [0.15, 0.2) is 48.6 Å². The Morgan fingerprint density at radius 1 is 0.643 bits per heavy atom. The maximum atomic E-state index is 12.6. The molecule has 1 fully saturated rings. The third-order valence-electron chi connectivity index (χ3n) is 9.38. The molecule has 11 nitrogen and oxygen atoms in total. The summed E-state index contributed by atoms with van der Waals surface area (Å²) >= 11 is 0. The second kappa shape index (κ2) is 36.0. The Hall–Kier alpha value is -2.11. The van der Waals surface area contributed by atoms with Crippen molar-refractivity contribution in [1.82, 2.24) is 0 Å². The van der Waals surface area contributed by atoms with Gasteiger partial charge in [-0.2, -0.15) is 0 Å². The number of hydrogen-bond donors (Lipinski definition) is 3. The number of esters is 2. The lowest BCUT2D eigenvalue weighted by atomic mass is 10.1. The monoisotopic (exact) mass is 813 g/mol. The summed E-state index contributed by atoms with van der Waals surface area (Å²) < 4.78 is 38.4. The summed E-state index contributed by atoms with van der Waals surface area (Å²) in [4.78, 5) is 35.0. The van der Waals surface area contributed by atoms with Gasteiger partial charge < -0.3 is 29.3 Å². The highest BCUT2D eigenvalue weighted by atomic mass is 31.2. The highest BCUT2D eigenvalue weighted by molar-refractivity contribution is 7.47. The highest BCUT2D eigenvalue weighted by Crippen LogP contribution is 2.43. The predicted octanol–water partition coefficient (Wildman–Crippen LogP) is 10.3. The molecule has 1 aliphatic rings. The van der Waals surface area contributed by atoms with E-state index < -0.39 is 51.8 Å². The van der Waals surface area contributed by atoms with Gasteiger partial charge in [-0.3, -0.25) is 18.6 Å². The van der Waals surface area contributed by atoms with Crippen LogP contribution < -0.4 is 0 Å². The zero-order valence-corrected chi connectivity index (χ0v) is 35.7. The fourth-order valence-corrected chi connectivity index (χ4v) is 6.69. The maximum absolute atomic E-state index is 12.6. The van der Waals surface area contributed by atoms with Gasteiger partial charge in [0.1, 0.15) is 12.7 Å². The van der Waals surface area contributed by atoms with Gasteiger partial charge in [0.15, 0.2) is 6.10 Å². The van der Waals surface area contributed by atoms with Gasteiger partial charge in [-0.05, 0) is 70.6 Å². The van der Waals surface area contributed by atoms with E-state index in [-0.39, 0.29) is 19.4 Å². The van der Waals surface area contributed by atoms with Crippen LogP contribution in [0.25, 0.3) is 0 Å². The second-order valence-corrected chi connectivity index (χ2v) is 16.2. The molecule has 0 spiro atoms. The number of unbranched alkanes of at least 4 members (excludes halogenated alkanes) is 14. The molecule has 1 aliphatic heterocycles. The highest BCUT2D eigenvalue weighted by Gasteiger charge is 2.36. The van der Waals surface area contributed by atoms with Gasteiger partial charge in [-0.25, -0.2) is 4.57 Å². The molecule has 0 radical (unpaired) electrons. The van der Waals surface area contributed by atoms with Crippen LogP contribution in [0.1, 0.15) is 168 Å². The van der Waals surface area contributed by atoms with Crippen LogP contribution in [0, 0.1) is 0 Å². The van der Waals surface area contributed by atoms with E-state index >= 15 is 0 Å². The van der Waals surface area contributed by atoms with Crippen molar-refractivity contribution in [2.45, 2.75) is 192 Å². The molecule has 0 aromatic carbocycles. The van der Waals surface area contributed by atoms with Gasteiger partial charge >= 0.3 is 19.8 Å². The first-order valence-corrected chi connectivity index (χ1v) is 23.2. The van der Waals surface area contributed by atoms with Crippen molar-refractivity contribution in [2.24, 2.45) is 0 Å². The van der Waals surface area contributed by atoms with Crippen molar-refractivity contribution in [2.75, 3.05) is 26.4 Å². The minimum atomic E-state index is -4.64. The Balaban J connectivity index is 2.29. The third-order valence-corrected chi connectivity index (χ3v) is 10.3. The second-order valence-electron chi connectivity index (χ2n) is 14.7. The van der Waals surface area contributed by atoms with Gasteiger partial charge in [0, 0.05) is 12.8 Å². The minimum absolute atomic E-state index is 0.151. The van der Waals surface area contributed by atoms with Gasteiger partial charge in [0.2, 0.25) is 0 Å². The molecule has 0 aromatic rings. The van der Waals surface area contributed by atoms with E-state index in [1.54, 1.807) is 0 Å². The Bertz CT molecular complexity index is 1140. The van der Waals surface area contributed by atoms with E-state index in [0.717, 1.165) is 57.8 Å². The molecule has 5 atom stereocenters. The number of carbonyl (C=O) groups excluding carboxylic acids is 2. The number of epoxide rings is 1. The molecule has 12 heteroatoms. The molecule has 0 amide bonds. The molecule has 1 rings (SSSR count). The average Bonchev–Trinajstić information content (AvgIpc) is 3.94. The molecule has 56 heavy (non-hydrogen) atoms. The fraction of sp³-hybridized carbons (Fsp3) is 0.773. The van der Waals surface area contributed by atoms with E-state index in [4.69, 9.17) is 23.8 Å². The summed E-state index contributed by atoms with van der Waals surface area (Å²) in [5.74, 6) is -1.01. The zero-order chi connectivity index (χ0) is 41.0. The minimum Gasteiger partial charge on any atom is -0.462 e. The van der Waals surface area contributed by atoms with Crippen LogP contribution in [-0.4, -0.2) is 77.9 Å². The molecule has 0 bridgehead atoms. The number of rotatable bonds is 39. The topological polar surface area (TPSA) is 161 Å². The molecule has 1 heterocycles. The number of hydrogen-bond acceptors (Lipinski definition) is 10. The first-order chi connectivity index (χ1) is 27.2. The van der Waals surface area contributed by atoms with E-state index in [1.807, 2.05) is 6.08 Å². The smallest absolute Gasteiger partial charge is 0.462 e. The maximum Gasteiger partial charge on any atom is 0.472 e. The number of allylic oxidation sites excluding steroid dienone is 7. The van der Waals surface area contributed by atoms with Crippen LogP contribution in [-0.2, 0) is 37.4 Å². The van der Waals surface area contributed by atoms with Crippen molar-refractivity contribution in [1.29, 1.82) is 0 Å². The summed E-state index contributed by atoms with van der Waals surface area (Å²) in [5.41, 5.74) is 0. The molecular formula is C44H77O11P. The van der Waals surface area contributed by atoms with Crippen molar-refractivity contribution in [3.05, 3.63) is 48.6 Å². The first-order valence-electron chi connectivity index (χ1n) is 21.7. The molecule has 324 valence electrons. The summed E-state index contributed by atoms with van der Waals surface area (Å²) in [7, 11) is -4.64. The standard InChI is InChI=1S/C44H77O11P/c1-3-5-7-8-9-10-11-12-13-14-15-16-17-18-22-25-29-33-43(47)51-37-40(38-53-56(49,50)52-36-39(46)35-45)54-44(48)34-30-26-23-20-19-21-24-28-32-42-41(55-42)31-27-6-4-2/h12-13,15-16,18,22,24,28,39-42,45-46H,3-11,14,17,19-21,23,25-27,29-38H2,1-2H3,(H,49,50)/b13-12-,16-15-,22-18-,28-24-/t39-,40+,41?,42?/m0/s1. The zero-order valence-electron chi connectivity index (χ0n) is 34.8. The summed E-state index contributed by atoms with van der Waals surface area (Å²) in [6.45, 7) is 2.25. The van der Waals surface area contributed by atoms with Crippen molar-refractivity contribution < 1.29 is 52.5 Å². The quantitative estimate of drug-likeness (QED) is 0.0178. The molecule has 0 aromatic heterocycles. The first kappa shape index (κ1) is 51.9.